The molecular formula is C20H20F5NO3. The highest BCUT2D eigenvalue weighted by Crippen LogP contribution is 2.31. The SMILES string of the molecule is CCOc1cc(CN(C)C(=O)Cc2ccc(C(F)(F)F)cc2)ccc1OC(F)F. The minimum atomic E-state index is -4.43. The predicted molar refractivity (Wildman–Crippen MR) is 95.9 cm³/mol. The summed E-state index contributed by atoms with van der Waals surface area (Å²) in [6, 6.07) is 8.75. The lowest BCUT2D eigenvalue weighted by Crippen LogP contribution is -2.27. The largest absolute Gasteiger partial charge is 0.490 e. The summed E-state index contributed by atoms with van der Waals surface area (Å²) in [7, 11) is 1.54. The number of hydrogen-bond donors (Lipinski definition) is 0. The topological polar surface area (TPSA) is 38.8 Å². The minimum Gasteiger partial charge on any atom is -0.490 e. The number of ether oxygens (including phenoxy) is 2. The van der Waals surface area contributed by atoms with E-state index in [0.29, 0.717) is 11.1 Å². The Morgan fingerprint density at radius 2 is 1.66 bits per heavy atom. The molecule has 0 N–H and O–H groups in total. The van der Waals surface area contributed by atoms with Gasteiger partial charge >= 0.3 is 12.8 Å². The third kappa shape index (κ3) is 6.62. The molecule has 0 aromatic heterocycles. The zero-order valence-electron chi connectivity index (χ0n) is 15.8. The number of carbonyl (C=O) groups excluding carboxylic acids is 1. The Morgan fingerprint density at radius 3 is 2.21 bits per heavy atom. The maximum atomic E-state index is 12.6. The van der Waals surface area contributed by atoms with Crippen molar-refractivity contribution >= 4 is 5.91 Å². The van der Waals surface area contributed by atoms with Crippen LogP contribution in [0.5, 0.6) is 11.5 Å². The van der Waals surface area contributed by atoms with E-state index in [9.17, 15) is 26.7 Å². The lowest BCUT2D eigenvalue weighted by Gasteiger charge is -2.19. The van der Waals surface area contributed by atoms with Crippen LogP contribution in [-0.2, 0) is 23.9 Å². The first-order valence-electron chi connectivity index (χ1n) is 8.70. The van der Waals surface area contributed by atoms with Crippen LogP contribution in [0, 0.1) is 0 Å². The molecule has 0 radical (unpaired) electrons. The van der Waals surface area contributed by atoms with Gasteiger partial charge in [-0.2, -0.15) is 22.0 Å². The summed E-state index contributed by atoms with van der Waals surface area (Å²) in [6.45, 7) is -0.897. The Balaban J connectivity index is 2.04. The van der Waals surface area contributed by atoms with E-state index in [1.54, 1.807) is 6.92 Å². The van der Waals surface area contributed by atoms with Gasteiger partial charge in [0.05, 0.1) is 18.6 Å². The van der Waals surface area contributed by atoms with Crippen molar-refractivity contribution in [3.05, 3.63) is 59.2 Å². The fraction of sp³-hybridized carbons (Fsp3) is 0.350. The highest BCUT2D eigenvalue weighted by atomic mass is 19.4. The Bertz CT molecular complexity index is 822. The summed E-state index contributed by atoms with van der Waals surface area (Å²) < 4.78 is 72.4. The lowest BCUT2D eigenvalue weighted by molar-refractivity contribution is -0.137. The second-order valence-corrected chi connectivity index (χ2v) is 6.21. The van der Waals surface area contributed by atoms with Crippen molar-refractivity contribution in [2.45, 2.75) is 32.7 Å². The first-order valence-corrected chi connectivity index (χ1v) is 8.70. The smallest absolute Gasteiger partial charge is 0.416 e. The molecule has 0 atom stereocenters. The Hall–Kier alpha value is -2.84. The third-order valence-corrected chi connectivity index (χ3v) is 4.01. The molecule has 9 heteroatoms. The Kier molecular flexibility index (Phi) is 7.41. The molecule has 0 fully saturated rings. The summed E-state index contributed by atoms with van der Waals surface area (Å²) in [5.41, 5.74) is 0.292. The fourth-order valence-electron chi connectivity index (χ4n) is 2.60. The maximum Gasteiger partial charge on any atom is 0.416 e. The van der Waals surface area contributed by atoms with Gasteiger partial charge in [0.15, 0.2) is 11.5 Å². The number of nitrogens with zero attached hydrogens (tertiary/aromatic N) is 1. The van der Waals surface area contributed by atoms with Gasteiger partial charge < -0.3 is 14.4 Å². The molecule has 0 aliphatic carbocycles. The highest BCUT2D eigenvalue weighted by molar-refractivity contribution is 5.78. The molecule has 0 saturated heterocycles. The number of carbonyl (C=O) groups is 1. The first kappa shape index (κ1) is 22.4. The van der Waals surface area contributed by atoms with Crippen LogP contribution in [0.1, 0.15) is 23.6 Å². The van der Waals surface area contributed by atoms with Gasteiger partial charge in [0.1, 0.15) is 0 Å². The van der Waals surface area contributed by atoms with Crippen LogP contribution < -0.4 is 9.47 Å². The van der Waals surface area contributed by atoms with Gasteiger partial charge in [0.2, 0.25) is 5.91 Å². The molecular weight excluding hydrogens is 397 g/mol. The minimum absolute atomic E-state index is 0.0699. The molecule has 0 heterocycles. The number of likely N-dealkylation sites (N-methyl/N-ethyl adjacent to an activating group) is 1. The normalized spacial score (nSPS) is 11.4. The number of hydrogen-bond acceptors (Lipinski definition) is 3. The van der Waals surface area contributed by atoms with Gasteiger partial charge in [-0.1, -0.05) is 18.2 Å². The number of halogens is 5. The van der Waals surface area contributed by atoms with E-state index in [0.717, 1.165) is 12.1 Å². The molecule has 1 amide bonds. The van der Waals surface area contributed by atoms with Crippen LogP contribution in [0.4, 0.5) is 22.0 Å². The average molecular weight is 417 g/mol. The van der Waals surface area contributed by atoms with E-state index < -0.39 is 18.4 Å². The predicted octanol–water partition coefficient (Wildman–Crippen LogP) is 4.91. The molecule has 29 heavy (non-hydrogen) atoms. The second kappa shape index (κ2) is 9.58. The third-order valence-electron chi connectivity index (χ3n) is 4.01. The van der Waals surface area contributed by atoms with Gasteiger partial charge in [-0.15, -0.1) is 0 Å². The molecule has 0 unspecified atom stereocenters. The van der Waals surface area contributed by atoms with Crippen molar-refractivity contribution in [3.63, 3.8) is 0 Å². The van der Waals surface area contributed by atoms with Crippen LogP contribution >= 0.6 is 0 Å². The van der Waals surface area contributed by atoms with Gasteiger partial charge in [0.25, 0.3) is 0 Å². The molecule has 0 spiro atoms. The summed E-state index contributed by atoms with van der Waals surface area (Å²) in [5.74, 6) is -0.283. The number of alkyl halides is 5. The average Bonchev–Trinajstić information content (AvgIpc) is 2.63. The van der Waals surface area contributed by atoms with Crippen LogP contribution in [-0.4, -0.2) is 31.1 Å². The van der Waals surface area contributed by atoms with E-state index in [4.69, 9.17) is 4.74 Å². The standard InChI is InChI=1S/C20H20F5NO3/c1-3-28-17-10-14(6-9-16(17)29-19(21)22)12-26(2)18(27)11-13-4-7-15(8-5-13)20(23,24)25/h4-10,19H,3,11-12H2,1-2H3. The number of amides is 1. The van der Waals surface area contributed by atoms with Gasteiger partial charge in [-0.3, -0.25) is 4.79 Å². The molecule has 2 aromatic rings. The molecule has 2 rings (SSSR count). The Labute approximate surface area is 164 Å². The van der Waals surface area contributed by atoms with E-state index >= 15 is 0 Å². The van der Waals surface area contributed by atoms with Crippen molar-refractivity contribution in [3.8, 4) is 11.5 Å². The molecule has 0 saturated carbocycles. The summed E-state index contributed by atoms with van der Waals surface area (Å²) in [5, 5.41) is 0. The van der Waals surface area contributed by atoms with Crippen molar-refractivity contribution in [1.29, 1.82) is 0 Å². The zero-order valence-corrected chi connectivity index (χ0v) is 15.8. The summed E-state index contributed by atoms with van der Waals surface area (Å²) >= 11 is 0. The van der Waals surface area contributed by atoms with Crippen molar-refractivity contribution in [2.75, 3.05) is 13.7 Å². The number of rotatable bonds is 8. The second-order valence-electron chi connectivity index (χ2n) is 6.21. The molecule has 0 bridgehead atoms. The zero-order chi connectivity index (χ0) is 21.6. The summed E-state index contributed by atoms with van der Waals surface area (Å²) in [4.78, 5) is 13.8. The van der Waals surface area contributed by atoms with Gasteiger partial charge in [-0.05, 0) is 42.3 Å². The van der Waals surface area contributed by atoms with Crippen LogP contribution in [0.15, 0.2) is 42.5 Å². The highest BCUT2D eigenvalue weighted by Gasteiger charge is 2.30. The molecule has 4 nitrogen and oxygen atoms in total. The van der Waals surface area contributed by atoms with Crippen LogP contribution in [0.25, 0.3) is 0 Å². The fourth-order valence-corrected chi connectivity index (χ4v) is 2.60. The van der Waals surface area contributed by atoms with Gasteiger partial charge in [-0.25, -0.2) is 0 Å². The summed E-state index contributed by atoms with van der Waals surface area (Å²) in [6.07, 6.45) is -4.50. The van der Waals surface area contributed by atoms with Crippen LogP contribution in [0.2, 0.25) is 0 Å². The lowest BCUT2D eigenvalue weighted by atomic mass is 10.1. The van der Waals surface area contributed by atoms with Crippen molar-refractivity contribution in [2.24, 2.45) is 0 Å². The quantitative estimate of drug-likeness (QED) is 0.573. The number of benzene rings is 2. The van der Waals surface area contributed by atoms with Crippen molar-refractivity contribution in [1.82, 2.24) is 4.90 Å². The molecule has 0 aliphatic rings. The molecule has 0 aliphatic heterocycles. The van der Waals surface area contributed by atoms with Crippen LogP contribution in [0.3, 0.4) is 0 Å². The molecule has 2 aromatic carbocycles. The first-order chi connectivity index (χ1) is 13.6. The monoisotopic (exact) mass is 417 g/mol. The van der Waals surface area contributed by atoms with Gasteiger partial charge in [0, 0.05) is 13.6 Å². The van der Waals surface area contributed by atoms with E-state index in [2.05, 4.69) is 4.74 Å². The Morgan fingerprint density at radius 1 is 1.03 bits per heavy atom. The maximum absolute atomic E-state index is 12.6. The van der Waals surface area contributed by atoms with Crippen molar-refractivity contribution < 1.29 is 36.2 Å². The van der Waals surface area contributed by atoms with E-state index in [-0.39, 0.29) is 37.0 Å². The van der Waals surface area contributed by atoms with E-state index in [1.165, 1.54) is 42.3 Å². The molecule has 158 valence electrons. The van der Waals surface area contributed by atoms with E-state index in [1.807, 2.05) is 0 Å².